The minimum atomic E-state index is -1.93. The van der Waals surface area contributed by atoms with Crippen LogP contribution in [0.4, 0.5) is 0 Å². The highest BCUT2D eigenvalue weighted by Gasteiger charge is 2.67. The maximum absolute atomic E-state index is 10.2. The zero-order valence-electron chi connectivity index (χ0n) is 17.0. The molecule has 0 unspecified atom stereocenters. The molecule has 3 rings (SSSR count). The van der Waals surface area contributed by atoms with Gasteiger partial charge in [0, 0.05) is 25.4 Å². The Balaban J connectivity index is 2.32. The highest BCUT2D eigenvalue weighted by atomic mass is 16.7. The maximum Gasteiger partial charge on any atom is 0.200 e. The fourth-order valence-electron chi connectivity index (χ4n) is 4.51. The minimum Gasteiger partial charge on any atom is -0.495 e. The van der Waals surface area contributed by atoms with Crippen LogP contribution < -0.4 is 0 Å². The van der Waals surface area contributed by atoms with Crippen LogP contribution in [-0.4, -0.2) is 19.5 Å². The van der Waals surface area contributed by atoms with E-state index in [4.69, 9.17) is 14.2 Å². The molecule has 7 nitrogen and oxygen atoms in total. The van der Waals surface area contributed by atoms with E-state index in [1.165, 1.54) is 0 Å². The van der Waals surface area contributed by atoms with E-state index >= 15 is 0 Å². The van der Waals surface area contributed by atoms with Gasteiger partial charge in [0.25, 0.3) is 0 Å². The molecule has 1 aliphatic carbocycles. The molecule has 152 valence electrons. The maximum atomic E-state index is 10.2. The normalized spacial score (nSPS) is 26.0. The molecule has 1 heterocycles. The molecule has 30 heavy (non-hydrogen) atoms. The lowest BCUT2D eigenvalue weighted by Crippen LogP contribution is -2.53. The van der Waals surface area contributed by atoms with Crippen molar-refractivity contribution in [2.24, 2.45) is 16.7 Å². The average molecular weight is 402 g/mol. The second-order valence-corrected chi connectivity index (χ2v) is 7.29. The molecule has 0 spiro atoms. The summed E-state index contributed by atoms with van der Waals surface area (Å²) in [7, 11) is 0. The average Bonchev–Trinajstić information content (AvgIpc) is 2.79. The molecular formula is C23H22N4O3. The number of hydrogen-bond acceptors (Lipinski definition) is 7. The molecule has 0 N–H and O–H groups in total. The van der Waals surface area contributed by atoms with Crippen LogP contribution in [0.25, 0.3) is 0 Å². The second kappa shape index (κ2) is 8.46. The summed E-state index contributed by atoms with van der Waals surface area (Å²) >= 11 is 0. The number of rotatable bonds is 5. The smallest absolute Gasteiger partial charge is 0.200 e. The van der Waals surface area contributed by atoms with Crippen LogP contribution in [0.2, 0.25) is 0 Å². The van der Waals surface area contributed by atoms with E-state index in [0.29, 0.717) is 31.2 Å². The van der Waals surface area contributed by atoms with E-state index in [0.717, 1.165) is 5.56 Å². The van der Waals surface area contributed by atoms with Crippen molar-refractivity contribution in [2.75, 3.05) is 13.2 Å². The molecule has 0 amide bonds. The van der Waals surface area contributed by atoms with E-state index in [-0.39, 0.29) is 12.3 Å². The second-order valence-electron chi connectivity index (χ2n) is 7.29. The standard InChI is InChI=1S/C23H22N4O3/c1-3-28-18-11-22(12-24,13-25)23(14-26,15-27)20-17(16-8-6-5-7-9-16)10-19(29-4-2)30-21(18)20/h5-9,17,19-20H,3-4,10-11H2,1-2H3/t17-,19+,20-/m1/s1. The zero-order valence-corrected chi connectivity index (χ0v) is 17.0. The molecule has 1 saturated heterocycles. The van der Waals surface area contributed by atoms with Gasteiger partial charge < -0.3 is 14.2 Å². The molecule has 3 atom stereocenters. The first-order valence-corrected chi connectivity index (χ1v) is 9.90. The Morgan fingerprint density at radius 3 is 2.20 bits per heavy atom. The van der Waals surface area contributed by atoms with Crippen molar-refractivity contribution in [3.63, 3.8) is 0 Å². The summed E-state index contributed by atoms with van der Waals surface area (Å²) in [5.74, 6) is -0.555. The Morgan fingerprint density at radius 2 is 1.67 bits per heavy atom. The molecule has 0 radical (unpaired) electrons. The van der Waals surface area contributed by atoms with Crippen molar-refractivity contribution in [1.82, 2.24) is 0 Å². The number of fused-ring (bicyclic) bond motifs is 1. The van der Waals surface area contributed by atoms with Gasteiger partial charge in [-0.05, 0) is 19.4 Å². The summed E-state index contributed by atoms with van der Waals surface area (Å²) in [6, 6.07) is 17.5. The number of allylic oxidation sites excluding steroid dienone is 2. The molecule has 0 aromatic heterocycles. The van der Waals surface area contributed by atoms with Crippen molar-refractivity contribution >= 4 is 0 Å². The molecule has 1 aromatic carbocycles. The molecule has 1 fully saturated rings. The van der Waals surface area contributed by atoms with Gasteiger partial charge in [-0.1, -0.05) is 30.3 Å². The summed E-state index contributed by atoms with van der Waals surface area (Å²) in [5.41, 5.74) is -2.93. The van der Waals surface area contributed by atoms with Crippen molar-refractivity contribution < 1.29 is 14.2 Å². The molecule has 7 heteroatoms. The lowest BCUT2D eigenvalue weighted by molar-refractivity contribution is -0.165. The Morgan fingerprint density at radius 1 is 1.00 bits per heavy atom. The molecule has 1 aliphatic heterocycles. The Hall–Kier alpha value is -3.52. The summed E-state index contributed by atoms with van der Waals surface area (Å²) in [4.78, 5) is 0. The fourth-order valence-corrected chi connectivity index (χ4v) is 4.51. The fraction of sp³-hybridized carbons (Fsp3) is 0.478. The van der Waals surface area contributed by atoms with E-state index in [1.54, 1.807) is 6.92 Å². The largest absolute Gasteiger partial charge is 0.495 e. The molecule has 1 aromatic rings. The van der Waals surface area contributed by atoms with Crippen molar-refractivity contribution in [1.29, 1.82) is 21.0 Å². The minimum absolute atomic E-state index is 0.193. The third-order valence-electron chi connectivity index (χ3n) is 5.86. The quantitative estimate of drug-likeness (QED) is 0.732. The summed E-state index contributed by atoms with van der Waals surface area (Å²) in [5, 5.41) is 40.4. The van der Waals surface area contributed by atoms with Crippen molar-refractivity contribution in [2.45, 2.75) is 38.9 Å². The van der Waals surface area contributed by atoms with Crippen LogP contribution in [0.3, 0.4) is 0 Å². The van der Waals surface area contributed by atoms with Gasteiger partial charge >= 0.3 is 0 Å². The van der Waals surface area contributed by atoms with Gasteiger partial charge in [-0.2, -0.15) is 21.0 Å². The number of ether oxygens (including phenoxy) is 3. The highest BCUT2D eigenvalue weighted by molar-refractivity contribution is 5.46. The number of hydrogen-bond donors (Lipinski definition) is 0. The van der Waals surface area contributed by atoms with Crippen LogP contribution in [0.1, 0.15) is 38.2 Å². The molecule has 0 bridgehead atoms. The van der Waals surface area contributed by atoms with Crippen LogP contribution in [0.5, 0.6) is 0 Å². The topological polar surface area (TPSA) is 123 Å². The summed E-state index contributed by atoms with van der Waals surface area (Å²) in [6.07, 6.45) is -0.404. The van der Waals surface area contributed by atoms with Gasteiger partial charge in [0.05, 0.1) is 36.8 Å². The SMILES string of the molecule is CCOC1=C2O[C@H](OCC)C[C@H](c3ccccc3)[C@H]2C(C#N)(C#N)C(C#N)(C#N)C1. The lowest BCUT2D eigenvalue weighted by Gasteiger charge is -2.49. The molecular weight excluding hydrogens is 380 g/mol. The predicted molar refractivity (Wildman–Crippen MR) is 104 cm³/mol. The Kier molecular flexibility index (Phi) is 5.98. The van der Waals surface area contributed by atoms with Crippen LogP contribution in [0.15, 0.2) is 41.9 Å². The Bertz CT molecular complexity index is 962. The third-order valence-corrected chi connectivity index (χ3v) is 5.86. The van der Waals surface area contributed by atoms with E-state index in [9.17, 15) is 21.0 Å². The van der Waals surface area contributed by atoms with Crippen molar-refractivity contribution in [3.05, 3.63) is 47.4 Å². The van der Waals surface area contributed by atoms with Gasteiger partial charge in [-0.15, -0.1) is 0 Å². The van der Waals surface area contributed by atoms with Gasteiger partial charge in [0.1, 0.15) is 11.5 Å². The highest BCUT2D eigenvalue weighted by Crippen LogP contribution is 2.61. The van der Waals surface area contributed by atoms with Crippen LogP contribution >= 0.6 is 0 Å². The first-order chi connectivity index (χ1) is 14.6. The van der Waals surface area contributed by atoms with Crippen LogP contribution in [0, 0.1) is 62.1 Å². The first kappa shape index (κ1) is 21.2. The van der Waals surface area contributed by atoms with Gasteiger partial charge in [0.2, 0.25) is 0 Å². The predicted octanol–water partition coefficient (Wildman–Crippen LogP) is 3.89. The molecule has 2 aliphatic rings. The van der Waals surface area contributed by atoms with Gasteiger partial charge in [-0.3, -0.25) is 0 Å². The van der Waals surface area contributed by atoms with E-state index in [2.05, 4.69) is 12.1 Å². The van der Waals surface area contributed by atoms with Gasteiger partial charge in [0.15, 0.2) is 17.1 Å². The zero-order chi connectivity index (χ0) is 21.8. The number of nitriles is 4. The molecule has 0 saturated carbocycles. The summed E-state index contributed by atoms with van der Waals surface area (Å²) in [6.45, 7) is 4.37. The van der Waals surface area contributed by atoms with Gasteiger partial charge in [-0.25, -0.2) is 0 Å². The third kappa shape index (κ3) is 3.05. The number of nitrogens with zero attached hydrogens (tertiary/aromatic N) is 4. The number of benzene rings is 1. The Labute approximate surface area is 176 Å². The summed E-state index contributed by atoms with van der Waals surface area (Å²) < 4.78 is 17.6. The first-order valence-electron chi connectivity index (χ1n) is 9.90. The van der Waals surface area contributed by atoms with E-state index < -0.39 is 23.0 Å². The van der Waals surface area contributed by atoms with Crippen LogP contribution in [-0.2, 0) is 14.2 Å². The lowest BCUT2D eigenvalue weighted by atomic mass is 9.51. The monoisotopic (exact) mass is 402 g/mol. The van der Waals surface area contributed by atoms with Crippen molar-refractivity contribution in [3.8, 4) is 24.3 Å². The van der Waals surface area contributed by atoms with E-state index in [1.807, 2.05) is 49.4 Å².